The summed E-state index contributed by atoms with van der Waals surface area (Å²) in [6, 6.07) is 9.11. The van der Waals surface area contributed by atoms with Gasteiger partial charge in [0, 0.05) is 10.6 Å². The molecular formula is C15H25ClN2+2. The van der Waals surface area contributed by atoms with E-state index < -0.39 is 0 Å². The second-order valence-electron chi connectivity index (χ2n) is 5.52. The van der Waals surface area contributed by atoms with Crippen LogP contribution in [0.2, 0.25) is 5.02 Å². The summed E-state index contributed by atoms with van der Waals surface area (Å²) in [5.74, 6) is 0. The first kappa shape index (κ1) is 13.9. The minimum Gasteiger partial charge on any atom is -0.323 e. The third-order valence-corrected chi connectivity index (χ3v) is 4.49. The van der Waals surface area contributed by atoms with E-state index in [1.807, 2.05) is 6.07 Å². The highest BCUT2D eigenvalue weighted by atomic mass is 35.5. The monoisotopic (exact) mass is 268 g/mol. The lowest BCUT2D eigenvalue weighted by atomic mass is 10.1. The second kappa shape index (κ2) is 6.55. The van der Waals surface area contributed by atoms with Gasteiger partial charge in [-0.15, -0.1) is 0 Å². The summed E-state index contributed by atoms with van der Waals surface area (Å²) < 4.78 is 0. The molecule has 0 aromatic heterocycles. The molecule has 1 aliphatic heterocycles. The molecule has 2 N–H and O–H groups in total. The van der Waals surface area contributed by atoms with Crippen LogP contribution in [0.1, 0.15) is 25.8 Å². The SMILES string of the molecule is CC[C@@H](C)[NH+]1CC[NH+](Cc2cccc(Cl)c2)CC1. The Bertz CT molecular complexity index is 373. The highest BCUT2D eigenvalue weighted by Crippen LogP contribution is 2.09. The molecule has 1 aromatic rings. The fraction of sp³-hybridized carbons (Fsp3) is 0.600. The van der Waals surface area contributed by atoms with E-state index in [2.05, 4.69) is 32.0 Å². The first-order chi connectivity index (χ1) is 8.69. The highest BCUT2D eigenvalue weighted by Gasteiger charge is 2.25. The van der Waals surface area contributed by atoms with Crippen molar-refractivity contribution in [2.75, 3.05) is 26.2 Å². The van der Waals surface area contributed by atoms with Gasteiger partial charge in [-0.25, -0.2) is 0 Å². The van der Waals surface area contributed by atoms with Crippen LogP contribution in [0, 0.1) is 0 Å². The summed E-state index contributed by atoms with van der Waals surface area (Å²) in [5.41, 5.74) is 1.37. The van der Waals surface area contributed by atoms with Crippen molar-refractivity contribution < 1.29 is 9.80 Å². The third-order valence-electron chi connectivity index (χ3n) is 4.25. The van der Waals surface area contributed by atoms with Gasteiger partial charge in [0.2, 0.25) is 0 Å². The fourth-order valence-electron chi connectivity index (χ4n) is 2.82. The van der Waals surface area contributed by atoms with E-state index in [0.717, 1.165) is 17.6 Å². The van der Waals surface area contributed by atoms with Crippen molar-refractivity contribution in [1.29, 1.82) is 0 Å². The first-order valence-corrected chi connectivity index (χ1v) is 7.49. The molecule has 0 bridgehead atoms. The van der Waals surface area contributed by atoms with Gasteiger partial charge >= 0.3 is 0 Å². The molecular weight excluding hydrogens is 244 g/mol. The number of benzene rings is 1. The molecule has 1 fully saturated rings. The van der Waals surface area contributed by atoms with Crippen molar-refractivity contribution in [3.8, 4) is 0 Å². The smallest absolute Gasteiger partial charge is 0.127 e. The lowest BCUT2D eigenvalue weighted by Gasteiger charge is -2.33. The maximum atomic E-state index is 6.03. The molecule has 1 aliphatic rings. The van der Waals surface area contributed by atoms with Gasteiger partial charge in [-0.05, 0) is 25.5 Å². The maximum absolute atomic E-state index is 6.03. The minimum atomic E-state index is 0.817. The molecule has 0 amide bonds. The Morgan fingerprint density at radius 1 is 1.22 bits per heavy atom. The fourth-order valence-corrected chi connectivity index (χ4v) is 3.03. The summed E-state index contributed by atoms with van der Waals surface area (Å²) in [4.78, 5) is 3.48. The summed E-state index contributed by atoms with van der Waals surface area (Å²) >= 11 is 6.03. The number of piperazine rings is 1. The van der Waals surface area contributed by atoms with E-state index in [0.29, 0.717) is 0 Å². The normalized spacial score (nSPS) is 25.9. The summed E-state index contributed by atoms with van der Waals surface area (Å²) in [6.45, 7) is 11.0. The molecule has 1 atom stereocenters. The predicted octanol–water partition coefficient (Wildman–Crippen LogP) is 0.422. The zero-order valence-corrected chi connectivity index (χ0v) is 12.3. The van der Waals surface area contributed by atoms with Gasteiger partial charge in [-0.3, -0.25) is 0 Å². The lowest BCUT2D eigenvalue weighted by molar-refractivity contribution is -1.03. The summed E-state index contributed by atoms with van der Waals surface area (Å²) in [6.07, 6.45) is 1.29. The number of quaternary nitrogens is 2. The van der Waals surface area contributed by atoms with Crippen LogP contribution in [-0.4, -0.2) is 32.2 Å². The Hall–Kier alpha value is -0.570. The molecule has 1 heterocycles. The molecule has 18 heavy (non-hydrogen) atoms. The Balaban J connectivity index is 1.83. The van der Waals surface area contributed by atoms with Gasteiger partial charge in [0.05, 0.1) is 6.04 Å². The molecule has 0 spiro atoms. The van der Waals surface area contributed by atoms with Crippen molar-refractivity contribution in [2.24, 2.45) is 0 Å². The van der Waals surface area contributed by atoms with Gasteiger partial charge in [-0.2, -0.15) is 0 Å². The first-order valence-electron chi connectivity index (χ1n) is 7.11. The van der Waals surface area contributed by atoms with Crippen LogP contribution < -0.4 is 9.80 Å². The average Bonchev–Trinajstić information content (AvgIpc) is 2.39. The minimum absolute atomic E-state index is 0.817. The van der Waals surface area contributed by atoms with Crippen molar-refractivity contribution in [3.63, 3.8) is 0 Å². The highest BCUT2D eigenvalue weighted by molar-refractivity contribution is 6.30. The van der Waals surface area contributed by atoms with Gasteiger partial charge < -0.3 is 9.80 Å². The van der Waals surface area contributed by atoms with E-state index >= 15 is 0 Å². The van der Waals surface area contributed by atoms with Gasteiger partial charge in [0.15, 0.2) is 0 Å². The van der Waals surface area contributed by atoms with Crippen LogP contribution in [0.4, 0.5) is 0 Å². The Labute approximate surface area is 116 Å². The number of nitrogens with one attached hydrogen (secondary N) is 2. The molecule has 0 saturated carbocycles. The standard InChI is InChI=1S/C15H23ClN2/c1-3-13(2)18-9-7-17(8-10-18)12-14-5-4-6-15(16)11-14/h4-6,11,13H,3,7-10,12H2,1-2H3/p+2/t13-/m1/s1. The molecule has 1 saturated heterocycles. The molecule has 1 aromatic carbocycles. The summed E-state index contributed by atoms with van der Waals surface area (Å²) in [5, 5.41) is 0.857. The van der Waals surface area contributed by atoms with Crippen molar-refractivity contribution in [2.45, 2.75) is 32.9 Å². The van der Waals surface area contributed by atoms with E-state index in [-0.39, 0.29) is 0 Å². The molecule has 0 unspecified atom stereocenters. The van der Waals surface area contributed by atoms with Crippen molar-refractivity contribution >= 4 is 11.6 Å². The zero-order valence-electron chi connectivity index (χ0n) is 11.5. The van der Waals surface area contributed by atoms with E-state index in [1.165, 1.54) is 38.2 Å². The largest absolute Gasteiger partial charge is 0.323 e. The molecule has 0 radical (unpaired) electrons. The van der Waals surface area contributed by atoms with E-state index in [9.17, 15) is 0 Å². The Kier molecular flexibility index (Phi) is 5.04. The van der Waals surface area contributed by atoms with Crippen LogP contribution in [-0.2, 0) is 6.54 Å². The van der Waals surface area contributed by atoms with Gasteiger partial charge in [0.25, 0.3) is 0 Å². The topological polar surface area (TPSA) is 8.88 Å². The molecule has 2 rings (SSSR count). The summed E-state index contributed by atoms with van der Waals surface area (Å²) in [7, 11) is 0. The number of hydrogen-bond donors (Lipinski definition) is 2. The van der Waals surface area contributed by atoms with Crippen LogP contribution in [0.3, 0.4) is 0 Å². The third kappa shape index (κ3) is 3.71. The molecule has 0 aliphatic carbocycles. The Morgan fingerprint density at radius 3 is 2.56 bits per heavy atom. The van der Waals surface area contributed by atoms with Crippen molar-refractivity contribution in [3.05, 3.63) is 34.9 Å². The predicted molar refractivity (Wildman–Crippen MR) is 76.3 cm³/mol. The van der Waals surface area contributed by atoms with Gasteiger partial charge in [-0.1, -0.05) is 30.7 Å². The maximum Gasteiger partial charge on any atom is 0.127 e. The number of hydrogen-bond acceptors (Lipinski definition) is 0. The van der Waals surface area contributed by atoms with Crippen LogP contribution in [0.25, 0.3) is 0 Å². The molecule has 3 heteroatoms. The Morgan fingerprint density at radius 2 is 1.94 bits per heavy atom. The average molecular weight is 269 g/mol. The quantitative estimate of drug-likeness (QED) is 0.784. The lowest BCUT2D eigenvalue weighted by Crippen LogP contribution is -3.29. The number of rotatable bonds is 4. The van der Waals surface area contributed by atoms with Crippen LogP contribution in [0.5, 0.6) is 0 Å². The molecule has 100 valence electrons. The van der Waals surface area contributed by atoms with E-state index in [4.69, 9.17) is 11.6 Å². The van der Waals surface area contributed by atoms with Crippen LogP contribution >= 0.6 is 11.6 Å². The van der Waals surface area contributed by atoms with Crippen molar-refractivity contribution in [1.82, 2.24) is 0 Å². The number of halogens is 1. The second-order valence-corrected chi connectivity index (χ2v) is 5.96. The molecule has 2 nitrogen and oxygen atoms in total. The van der Waals surface area contributed by atoms with E-state index in [1.54, 1.807) is 9.80 Å². The zero-order chi connectivity index (χ0) is 13.0. The van der Waals surface area contributed by atoms with Crippen LogP contribution in [0.15, 0.2) is 24.3 Å². The van der Waals surface area contributed by atoms with Gasteiger partial charge in [0.1, 0.15) is 32.7 Å².